The average molecular weight is 159 g/mol. The fraction of sp³-hybridized carbons (Fsp3) is 1.00. The maximum Gasteiger partial charge on any atom is 0.0928 e. The molecular formula is C9H21NO. The molecule has 0 spiro atoms. The summed E-state index contributed by atoms with van der Waals surface area (Å²) in [5, 5.41) is 0. The van der Waals surface area contributed by atoms with Gasteiger partial charge in [-0.3, -0.25) is 0 Å². The Morgan fingerprint density at radius 1 is 1.36 bits per heavy atom. The molecule has 1 rings (SSSR count). The van der Waals surface area contributed by atoms with Gasteiger partial charge >= 0.3 is 0 Å². The quantitative estimate of drug-likeness (QED) is 0.608. The van der Waals surface area contributed by atoms with E-state index < -0.39 is 0 Å². The molecule has 0 bridgehead atoms. The van der Waals surface area contributed by atoms with Gasteiger partial charge in [0.1, 0.15) is 0 Å². The van der Waals surface area contributed by atoms with E-state index >= 15 is 0 Å². The first-order chi connectivity index (χ1) is 5.22. The number of hydrogen-bond donors (Lipinski definition) is 0. The smallest absolute Gasteiger partial charge is 0.0928 e. The van der Waals surface area contributed by atoms with Crippen molar-refractivity contribution in [1.82, 2.24) is 4.90 Å². The van der Waals surface area contributed by atoms with E-state index in [1.807, 2.05) is 13.8 Å². The summed E-state index contributed by atoms with van der Waals surface area (Å²) in [6.45, 7) is 8.37. The van der Waals surface area contributed by atoms with Crippen molar-refractivity contribution in [2.24, 2.45) is 0 Å². The zero-order valence-corrected chi connectivity index (χ0v) is 8.48. The molecule has 0 atom stereocenters. The third-order valence-electron chi connectivity index (χ3n) is 2.19. The molecule has 1 aliphatic rings. The highest BCUT2D eigenvalue weighted by Crippen LogP contribution is 2.25. The molecule has 68 valence electrons. The fourth-order valence-corrected chi connectivity index (χ4v) is 1.43. The molecule has 2 heteroatoms. The SMILES string of the molecule is CC.CCC1(OC)CN(C)C1. The molecule has 1 aliphatic heterocycles. The highest BCUT2D eigenvalue weighted by atomic mass is 16.5. The summed E-state index contributed by atoms with van der Waals surface area (Å²) in [6, 6.07) is 0. The second-order valence-electron chi connectivity index (χ2n) is 2.91. The number of nitrogens with zero attached hydrogens (tertiary/aromatic N) is 1. The highest BCUT2D eigenvalue weighted by Gasteiger charge is 2.39. The van der Waals surface area contributed by atoms with Crippen molar-refractivity contribution in [2.75, 3.05) is 27.2 Å². The predicted octanol–water partition coefficient (Wildman–Crippen LogP) is 1.75. The summed E-state index contributed by atoms with van der Waals surface area (Å²) in [5.41, 5.74) is 0.203. The van der Waals surface area contributed by atoms with Crippen LogP contribution < -0.4 is 0 Å². The van der Waals surface area contributed by atoms with Gasteiger partial charge in [0.15, 0.2) is 0 Å². The van der Waals surface area contributed by atoms with Gasteiger partial charge in [-0.15, -0.1) is 0 Å². The van der Waals surface area contributed by atoms with E-state index in [9.17, 15) is 0 Å². The van der Waals surface area contributed by atoms with Crippen LogP contribution in [0, 0.1) is 0 Å². The predicted molar refractivity (Wildman–Crippen MR) is 48.9 cm³/mol. The molecule has 1 heterocycles. The van der Waals surface area contributed by atoms with Crippen molar-refractivity contribution >= 4 is 0 Å². The molecule has 0 saturated carbocycles. The first-order valence-electron chi connectivity index (χ1n) is 4.46. The summed E-state index contributed by atoms with van der Waals surface area (Å²) in [6.07, 6.45) is 1.13. The van der Waals surface area contributed by atoms with Crippen LogP contribution in [0.5, 0.6) is 0 Å². The maximum absolute atomic E-state index is 5.35. The molecule has 0 aromatic carbocycles. The Labute approximate surface area is 70.5 Å². The summed E-state index contributed by atoms with van der Waals surface area (Å²) in [4.78, 5) is 2.27. The third kappa shape index (κ3) is 2.46. The minimum atomic E-state index is 0.203. The van der Waals surface area contributed by atoms with Crippen LogP contribution in [-0.2, 0) is 4.74 Å². The third-order valence-corrected chi connectivity index (χ3v) is 2.19. The molecule has 0 radical (unpaired) electrons. The first-order valence-corrected chi connectivity index (χ1v) is 4.46. The van der Waals surface area contributed by atoms with Gasteiger partial charge in [-0.25, -0.2) is 0 Å². The zero-order chi connectivity index (χ0) is 8.91. The van der Waals surface area contributed by atoms with E-state index in [4.69, 9.17) is 4.74 Å². The Kier molecular flexibility index (Phi) is 4.69. The average Bonchev–Trinajstić information content (AvgIpc) is 2.02. The number of methoxy groups -OCH3 is 1. The van der Waals surface area contributed by atoms with Crippen LogP contribution in [-0.4, -0.2) is 37.7 Å². The van der Waals surface area contributed by atoms with E-state index in [0.29, 0.717) is 0 Å². The van der Waals surface area contributed by atoms with Crippen molar-refractivity contribution in [2.45, 2.75) is 32.8 Å². The largest absolute Gasteiger partial charge is 0.376 e. The second-order valence-corrected chi connectivity index (χ2v) is 2.91. The molecule has 11 heavy (non-hydrogen) atoms. The molecular weight excluding hydrogens is 138 g/mol. The van der Waals surface area contributed by atoms with Crippen molar-refractivity contribution in [3.05, 3.63) is 0 Å². The molecule has 0 aliphatic carbocycles. The van der Waals surface area contributed by atoms with Gasteiger partial charge in [0.2, 0.25) is 0 Å². The summed E-state index contributed by atoms with van der Waals surface area (Å²) < 4.78 is 5.35. The number of likely N-dealkylation sites (tertiary alicyclic amines) is 1. The first kappa shape index (κ1) is 10.9. The normalized spacial score (nSPS) is 21.5. The number of likely N-dealkylation sites (N-methyl/N-ethyl adjacent to an activating group) is 1. The Morgan fingerprint density at radius 2 is 1.82 bits per heavy atom. The van der Waals surface area contributed by atoms with Crippen LogP contribution in [0.1, 0.15) is 27.2 Å². The van der Waals surface area contributed by atoms with Crippen LogP contribution in [0.4, 0.5) is 0 Å². The van der Waals surface area contributed by atoms with Crippen LogP contribution in [0.2, 0.25) is 0 Å². The van der Waals surface area contributed by atoms with Gasteiger partial charge in [-0.1, -0.05) is 20.8 Å². The molecule has 1 saturated heterocycles. The molecule has 0 aromatic heterocycles. The van der Waals surface area contributed by atoms with Crippen LogP contribution >= 0.6 is 0 Å². The van der Waals surface area contributed by atoms with Crippen molar-refractivity contribution in [1.29, 1.82) is 0 Å². The van der Waals surface area contributed by atoms with E-state index in [2.05, 4.69) is 18.9 Å². The number of ether oxygens (including phenoxy) is 1. The Bertz CT molecular complexity index is 91.7. The van der Waals surface area contributed by atoms with Crippen molar-refractivity contribution < 1.29 is 4.74 Å². The molecule has 2 nitrogen and oxygen atoms in total. The topological polar surface area (TPSA) is 12.5 Å². The Hall–Kier alpha value is -0.0800. The molecule has 0 N–H and O–H groups in total. The van der Waals surface area contributed by atoms with Gasteiger partial charge in [0, 0.05) is 20.2 Å². The lowest BCUT2D eigenvalue weighted by Crippen LogP contribution is -2.60. The number of rotatable bonds is 2. The number of hydrogen-bond acceptors (Lipinski definition) is 2. The van der Waals surface area contributed by atoms with Crippen molar-refractivity contribution in [3.8, 4) is 0 Å². The molecule has 0 amide bonds. The van der Waals surface area contributed by atoms with Gasteiger partial charge in [0.05, 0.1) is 5.60 Å². The van der Waals surface area contributed by atoms with E-state index in [-0.39, 0.29) is 5.60 Å². The summed E-state index contributed by atoms with van der Waals surface area (Å²) in [7, 11) is 3.92. The second kappa shape index (κ2) is 4.73. The van der Waals surface area contributed by atoms with E-state index in [0.717, 1.165) is 19.5 Å². The fourth-order valence-electron chi connectivity index (χ4n) is 1.43. The van der Waals surface area contributed by atoms with Gasteiger partial charge in [-0.05, 0) is 13.5 Å². The van der Waals surface area contributed by atoms with Crippen LogP contribution in [0.25, 0.3) is 0 Å². The Morgan fingerprint density at radius 3 is 1.91 bits per heavy atom. The molecule has 1 fully saturated rings. The minimum absolute atomic E-state index is 0.203. The summed E-state index contributed by atoms with van der Waals surface area (Å²) >= 11 is 0. The monoisotopic (exact) mass is 159 g/mol. The van der Waals surface area contributed by atoms with Crippen molar-refractivity contribution in [3.63, 3.8) is 0 Å². The van der Waals surface area contributed by atoms with Gasteiger partial charge in [0.25, 0.3) is 0 Å². The van der Waals surface area contributed by atoms with Crippen LogP contribution in [0.15, 0.2) is 0 Å². The highest BCUT2D eigenvalue weighted by molar-refractivity contribution is 4.93. The van der Waals surface area contributed by atoms with Gasteiger partial charge < -0.3 is 9.64 Å². The molecule has 0 unspecified atom stereocenters. The lowest BCUT2D eigenvalue weighted by Gasteiger charge is -2.46. The maximum atomic E-state index is 5.35. The van der Waals surface area contributed by atoms with Crippen LogP contribution in [0.3, 0.4) is 0 Å². The minimum Gasteiger partial charge on any atom is -0.376 e. The lowest BCUT2D eigenvalue weighted by molar-refractivity contribution is -0.116. The lowest BCUT2D eigenvalue weighted by atomic mass is 9.92. The summed E-state index contributed by atoms with van der Waals surface area (Å²) in [5.74, 6) is 0. The van der Waals surface area contributed by atoms with E-state index in [1.165, 1.54) is 0 Å². The molecule has 0 aromatic rings. The Balaban J connectivity index is 0.000000461. The standard InChI is InChI=1S/C7H15NO.C2H6/c1-4-7(9-3)5-8(2)6-7;1-2/h4-6H2,1-3H3;1-2H3. The van der Waals surface area contributed by atoms with E-state index in [1.54, 1.807) is 7.11 Å². The zero-order valence-electron chi connectivity index (χ0n) is 8.48. The van der Waals surface area contributed by atoms with Gasteiger partial charge in [-0.2, -0.15) is 0 Å².